The summed E-state index contributed by atoms with van der Waals surface area (Å²) in [4.78, 5) is 11.9. The van der Waals surface area contributed by atoms with Crippen LogP contribution in [0.1, 0.15) is 18.4 Å². The lowest BCUT2D eigenvalue weighted by Gasteiger charge is -2.10. The van der Waals surface area contributed by atoms with Gasteiger partial charge in [-0.25, -0.2) is 0 Å². The quantitative estimate of drug-likeness (QED) is 0.850. The Labute approximate surface area is 128 Å². The third-order valence-corrected chi connectivity index (χ3v) is 3.59. The smallest absolute Gasteiger partial charge is 0.234 e. The van der Waals surface area contributed by atoms with Gasteiger partial charge in [0.15, 0.2) is 0 Å². The van der Waals surface area contributed by atoms with E-state index in [1.165, 1.54) is 11.8 Å². The molecule has 2 aromatic rings. The summed E-state index contributed by atoms with van der Waals surface area (Å²) < 4.78 is 10.5. The first-order valence-electron chi connectivity index (χ1n) is 6.70. The van der Waals surface area contributed by atoms with Crippen molar-refractivity contribution in [2.75, 3.05) is 17.7 Å². The fraction of sp³-hybridized carbons (Fsp3) is 0.333. The normalized spacial score (nSPS) is 10.4. The molecular formula is C15H18N2O3S. The third kappa shape index (κ3) is 4.82. The van der Waals surface area contributed by atoms with Crippen molar-refractivity contribution < 1.29 is 14.1 Å². The van der Waals surface area contributed by atoms with Gasteiger partial charge in [0.25, 0.3) is 0 Å². The summed E-state index contributed by atoms with van der Waals surface area (Å²) in [5.41, 5.74) is 1.54. The van der Waals surface area contributed by atoms with E-state index < -0.39 is 0 Å². The molecule has 5 nitrogen and oxygen atoms in total. The zero-order valence-electron chi connectivity index (χ0n) is 12.1. The lowest BCUT2D eigenvalue weighted by atomic mass is 10.3. The average molecular weight is 306 g/mol. The molecule has 0 atom stereocenters. The van der Waals surface area contributed by atoms with Crippen molar-refractivity contribution in [2.24, 2.45) is 0 Å². The predicted molar refractivity (Wildman–Crippen MR) is 83.6 cm³/mol. The number of aromatic nitrogens is 1. The molecule has 0 spiro atoms. The molecule has 1 heterocycles. The molecule has 0 saturated heterocycles. The van der Waals surface area contributed by atoms with E-state index in [2.05, 4.69) is 10.5 Å². The van der Waals surface area contributed by atoms with E-state index in [0.29, 0.717) is 29.5 Å². The number of amides is 1. The van der Waals surface area contributed by atoms with Crippen LogP contribution in [0.25, 0.3) is 0 Å². The van der Waals surface area contributed by atoms with Gasteiger partial charge >= 0.3 is 0 Å². The first-order chi connectivity index (χ1) is 10.2. The molecule has 21 heavy (non-hydrogen) atoms. The molecule has 0 bridgehead atoms. The van der Waals surface area contributed by atoms with Crippen molar-refractivity contribution in [3.05, 3.63) is 41.8 Å². The molecule has 1 N–H and O–H groups in total. The molecular weight excluding hydrogens is 288 g/mol. The fourth-order valence-electron chi connectivity index (χ4n) is 1.77. The molecule has 6 heteroatoms. The third-order valence-electron chi connectivity index (χ3n) is 2.62. The van der Waals surface area contributed by atoms with Gasteiger partial charge in [-0.15, -0.1) is 11.8 Å². The number of para-hydroxylation sites is 2. The number of rotatable bonds is 7. The molecule has 0 aliphatic carbocycles. The molecule has 0 aliphatic rings. The number of hydrogen-bond donors (Lipinski definition) is 1. The Hall–Kier alpha value is -1.95. The molecule has 1 aromatic carbocycles. The Kier molecular flexibility index (Phi) is 5.68. The van der Waals surface area contributed by atoms with Crippen LogP contribution in [0.3, 0.4) is 0 Å². The monoisotopic (exact) mass is 306 g/mol. The molecule has 0 fully saturated rings. The molecule has 0 radical (unpaired) electrons. The summed E-state index contributed by atoms with van der Waals surface area (Å²) in [6, 6.07) is 9.28. The SMILES string of the molecule is CCOc1ccccc1NC(=O)CSCc1cc(C)on1. The van der Waals surface area contributed by atoms with E-state index in [0.717, 1.165) is 11.5 Å². The maximum atomic E-state index is 11.9. The molecule has 0 unspecified atom stereocenters. The van der Waals surface area contributed by atoms with Crippen LogP contribution >= 0.6 is 11.8 Å². The Bertz CT molecular complexity index is 598. The number of aryl methyl sites for hydroxylation is 1. The second-order valence-electron chi connectivity index (χ2n) is 4.40. The van der Waals surface area contributed by atoms with Crippen molar-refractivity contribution in [3.63, 3.8) is 0 Å². The Morgan fingerprint density at radius 1 is 1.43 bits per heavy atom. The van der Waals surface area contributed by atoms with Gasteiger partial charge < -0.3 is 14.6 Å². The Morgan fingerprint density at radius 2 is 2.24 bits per heavy atom. The Morgan fingerprint density at radius 3 is 2.95 bits per heavy atom. The zero-order valence-corrected chi connectivity index (χ0v) is 12.9. The number of benzene rings is 1. The van der Waals surface area contributed by atoms with Crippen molar-refractivity contribution >= 4 is 23.4 Å². The largest absolute Gasteiger partial charge is 0.492 e. The first-order valence-corrected chi connectivity index (χ1v) is 7.86. The summed E-state index contributed by atoms with van der Waals surface area (Å²) in [6.45, 7) is 4.32. The van der Waals surface area contributed by atoms with Crippen molar-refractivity contribution in [2.45, 2.75) is 19.6 Å². The van der Waals surface area contributed by atoms with E-state index in [9.17, 15) is 4.79 Å². The number of thioether (sulfide) groups is 1. The van der Waals surface area contributed by atoms with Gasteiger partial charge in [-0.05, 0) is 26.0 Å². The van der Waals surface area contributed by atoms with Gasteiger partial charge in [-0.3, -0.25) is 4.79 Å². The zero-order chi connectivity index (χ0) is 15.1. The highest BCUT2D eigenvalue weighted by Crippen LogP contribution is 2.24. The lowest BCUT2D eigenvalue weighted by molar-refractivity contribution is -0.113. The van der Waals surface area contributed by atoms with Crippen molar-refractivity contribution in [3.8, 4) is 5.75 Å². The minimum Gasteiger partial charge on any atom is -0.492 e. The van der Waals surface area contributed by atoms with E-state index in [1.807, 2.05) is 44.2 Å². The lowest BCUT2D eigenvalue weighted by Crippen LogP contribution is -2.15. The summed E-state index contributed by atoms with van der Waals surface area (Å²) in [6.07, 6.45) is 0. The van der Waals surface area contributed by atoms with Crippen LogP contribution in [0, 0.1) is 6.92 Å². The van der Waals surface area contributed by atoms with Crippen LogP contribution in [-0.4, -0.2) is 23.4 Å². The number of anilines is 1. The fourth-order valence-corrected chi connectivity index (χ4v) is 2.48. The van der Waals surface area contributed by atoms with Gasteiger partial charge in [0.05, 0.1) is 23.7 Å². The van der Waals surface area contributed by atoms with Gasteiger partial charge in [-0.2, -0.15) is 0 Å². The van der Waals surface area contributed by atoms with Crippen molar-refractivity contribution in [1.82, 2.24) is 5.16 Å². The first kappa shape index (κ1) is 15.4. The van der Waals surface area contributed by atoms with Crippen LogP contribution in [0.2, 0.25) is 0 Å². The standard InChI is InChI=1S/C15H18N2O3S/c1-3-19-14-7-5-4-6-13(14)16-15(18)10-21-9-12-8-11(2)20-17-12/h4-8H,3,9-10H2,1-2H3,(H,16,18). The maximum absolute atomic E-state index is 11.9. The van der Waals surface area contributed by atoms with Gasteiger partial charge in [0.2, 0.25) is 5.91 Å². The van der Waals surface area contributed by atoms with E-state index in [1.54, 1.807) is 0 Å². The van der Waals surface area contributed by atoms with Gasteiger partial charge in [-0.1, -0.05) is 17.3 Å². The van der Waals surface area contributed by atoms with E-state index >= 15 is 0 Å². The van der Waals surface area contributed by atoms with Crippen LogP contribution in [0.4, 0.5) is 5.69 Å². The molecule has 112 valence electrons. The van der Waals surface area contributed by atoms with Crippen LogP contribution < -0.4 is 10.1 Å². The summed E-state index contributed by atoms with van der Waals surface area (Å²) in [5, 5.41) is 6.75. The minimum absolute atomic E-state index is 0.0626. The van der Waals surface area contributed by atoms with Crippen LogP contribution in [0.15, 0.2) is 34.9 Å². The number of ether oxygens (including phenoxy) is 1. The second-order valence-corrected chi connectivity index (χ2v) is 5.38. The van der Waals surface area contributed by atoms with Gasteiger partial charge in [0.1, 0.15) is 11.5 Å². The van der Waals surface area contributed by atoms with E-state index in [4.69, 9.17) is 9.26 Å². The number of nitrogens with zero attached hydrogens (tertiary/aromatic N) is 1. The van der Waals surface area contributed by atoms with Crippen LogP contribution in [-0.2, 0) is 10.5 Å². The molecule has 1 amide bonds. The van der Waals surface area contributed by atoms with Crippen LogP contribution in [0.5, 0.6) is 5.75 Å². The number of carbonyl (C=O) groups is 1. The highest BCUT2D eigenvalue weighted by molar-refractivity contribution is 7.99. The Balaban J connectivity index is 1.81. The molecule has 0 saturated carbocycles. The highest BCUT2D eigenvalue weighted by atomic mass is 32.2. The molecule has 0 aliphatic heterocycles. The summed E-state index contributed by atoms with van der Waals surface area (Å²) in [7, 11) is 0. The number of carbonyl (C=O) groups excluding carboxylic acids is 1. The van der Waals surface area contributed by atoms with Gasteiger partial charge in [0, 0.05) is 11.8 Å². The van der Waals surface area contributed by atoms with E-state index in [-0.39, 0.29) is 5.91 Å². The maximum Gasteiger partial charge on any atom is 0.234 e. The molecule has 2 rings (SSSR count). The predicted octanol–water partition coefficient (Wildman–Crippen LogP) is 3.25. The second kappa shape index (κ2) is 7.73. The number of nitrogens with one attached hydrogen (secondary N) is 1. The average Bonchev–Trinajstić information content (AvgIpc) is 2.87. The minimum atomic E-state index is -0.0626. The highest BCUT2D eigenvalue weighted by Gasteiger charge is 2.08. The topological polar surface area (TPSA) is 64.4 Å². The summed E-state index contributed by atoms with van der Waals surface area (Å²) >= 11 is 1.49. The molecule has 1 aromatic heterocycles. The summed E-state index contributed by atoms with van der Waals surface area (Å²) in [5.74, 6) is 2.41. The number of hydrogen-bond acceptors (Lipinski definition) is 5. The van der Waals surface area contributed by atoms with Crippen molar-refractivity contribution in [1.29, 1.82) is 0 Å².